The summed E-state index contributed by atoms with van der Waals surface area (Å²) in [6.45, 7) is 1.76. The van der Waals surface area contributed by atoms with Gasteiger partial charge in [-0.2, -0.15) is 0 Å². The molecule has 3 rings (SSSR count). The van der Waals surface area contributed by atoms with E-state index in [2.05, 4.69) is 9.55 Å². The molecule has 0 bridgehead atoms. The van der Waals surface area contributed by atoms with Gasteiger partial charge in [-0.05, 0) is 42.9 Å². The first kappa shape index (κ1) is 14.2. The zero-order valence-electron chi connectivity index (χ0n) is 11.5. The summed E-state index contributed by atoms with van der Waals surface area (Å²) in [5.74, 6) is 1.35. The van der Waals surface area contributed by atoms with Crippen LogP contribution in [-0.2, 0) is 17.2 Å². The van der Waals surface area contributed by atoms with E-state index in [0.717, 1.165) is 41.5 Å². The van der Waals surface area contributed by atoms with E-state index < -0.39 is 0 Å². The fourth-order valence-electron chi connectivity index (χ4n) is 2.74. The zero-order valence-corrected chi connectivity index (χ0v) is 13.0. The molecule has 1 aromatic carbocycles. The van der Waals surface area contributed by atoms with Crippen LogP contribution in [0.3, 0.4) is 0 Å². The average Bonchev–Trinajstić information content (AvgIpc) is 3.14. The second kappa shape index (κ2) is 5.55. The van der Waals surface area contributed by atoms with Gasteiger partial charge >= 0.3 is 0 Å². The molecule has 0 N–H and O–H groups in total. The highest BCUT2D eigenvalue weighted by atomic mass is 35.5. The number of aromatic nitrogens is 2. The van der Waals surface area contributed by atoms with Crippen molar-refractivity contribution < 1.29 is 4.74 Å². The molecule has 0 atom stereocenters. The number of ether oxygens (including phenoxy) is 1. The summed E-state index contributed by atoms with van der Waals surface area (Å²) in [4.78, 5) is 4.61. The average molecular weight is 313 g/mol. The predicted octanol–water partition coefficient (Wildman–Crippen LogP) is 4.25. The van der Waals surface area contributed by atoms with Crippen LogP contribution < -0.4 is 0 Å². The Morgan fingerprint density at radius 1 is 1.40 bits per heavy atom. The quantitative estimate of drug-likeness (QED) is 0.746. The standard InChI is InChI=1S/C15H18Cl2N2O/c1-20-7-6-15(4-5-15)10-19-13-8-11(17)2-3-12(13)18-14(19)9-16/h2-3,8H,4-7,9-10H2,1H3. The second-order valence-electron chi connectivity index (χ2n) is 5.62. The number of nitrogens with zero attached hydrogens (tertiary/aromatic N) is 2. The summed E-state index contributed by atoms with van der Waals surface area (Å²) in [6.07, 6.45) is 3.59. The highest BCUT2D eigenvalue weighted by Gasteiger charge is 2.42. The maximum absolute atomic E-state index is 6.12. The number of fused-ring (bicyclic) bond motifs is 1. The maximum Gasteiger partial charge on any atom is 0.124 e. The molecule has 0 radical (unpaired) electrons. The van der Waals surface area contributed by atoms with Crippen molar-refractivity contribution in [2.24, 2.45) is 5.41 Å². The van der Waals surface area contributed by atoms with Crippen molar-refractivity contribution >= 4 is 34.2 Å². The molecule has 108 valence electrons. The SMILES string of the molecule is COCCC1(Cn2c(CCl)nc3ccc(Cl)cc32)CC1. The number of benzene rings is 1. The Morgan fingerprint density at radius 2 is 2.20 bits per heavy atom. The number of methoxy groups -OCH3 is 1. The molecule has 1 heterocycles. The second-order valence-corrected chi connectivity index (χ2v) is 6.33. The van der Waals surface area contributed by atoms with Crippen molar-refractivity contribution in [1.29, 1.82) is 0 Å². The van der Waals surface area contributed by atoms with Crippen LogP contribution in [-0.4, -0.2) is 23.3 Å². The molecule has 1 aromatic heterocycles. The third-order valence-corrected chi connectivity index (χ3v) is 4.67. The lowest BCUT2D eigenvalue weighted by molar-refractivity contribution is 0.167. The molecule has 20 heavy (non-hydrogen) atoms. The van der Waals surface area contributed by atoms with E-state index in [1.165, 1.54) is 12.8 Å². The highest BCUT2D eigenvalue weighted by molar-refractivity contribution is 6.31. The van der Waals surface area contributed by atoms with Gasteiger partial charge in [0.1, 0.15) is 5.82 Å². The molecule has 1 aliphatic rings. The van der Waals surface area contributed by atoms with E-state index in [-0.39, 0.29) is 0 Å². The van der Waals surface area contributed by atoms with Crippen molar-refractivity contribution in [1.82, 2.24) is 9.55 Å². The van der Waals surface area contributed by atoms with Gasteiger partial charge in [0.15, 0.2) is 0 Å². The number of halogens is 2. The van der Waals surface area contributed by atoms with Crippen molar-refractivity contribution in [3.05, 3.63) is 29.0 Å². The van der Waals surface area contributed by atoms with Gasteiger partial charge in [0.05, 0.1) is 16.9 Å². The third-order valence-electron chi connectivity index (χ3n) is 4.20. The van der Waals surface area contributed by atoms with Crippen molar-refractivity contribution in [3.8, 4) is 0 Å². The monoisotopic (exact) mass is 312 g/mol. The zero-order chi connectivity index (χ0) is 14.2. The molecule has 1 fully saturated rings. The van der Waals surface area contributed by atoms with E-state index in [0.29, 0.717) is 11.3 Å². The smallest absolute Gasteiger partial charge is 0.124 e. The molecule has 0 spiro atoms. The molecule has 0 unspecified atom stereocenters. The normalized spacial score (nSPS) is 16.8. The molecule has 0 amide bonds. The largest absolute Gasteiger partial charge is 0.385 e. The fraction of sp³-hybridized carbons (Fsp3) is 0.533. The van der Waals surface area contributed by atoms with Crippen LogP contribution in [0, 0.1) is 5.41 Å². The van der Waals surface area contributed by atoms with Gasteiger partial charge in [-0.15, -0.1) is 11.6 Å². The van der Waals surface area contributed by atoms with Crippen molar-refractivity contribution in [2.45, 2.75) is 31.7 Å². The number of hydrogen-bond acceptors (Lipinski definition) is 2. The molecule has 0 aliphatic heterocycles. The molecular weight excluding hydrogens is 295 g/mol. The minimum absolute atomic E-state index is 0.354. The first-order chi connectivity index (χ1) is 9.67. The topological polar surface area (TPSA) is 27.1 Å². The lowest BCUT2D eigenvalue weighted by Gasteiger charge is -2.17. The summed E-state index contributed by atoms with van der Waals surface area (Å²) in [7, 11) is 1.76. The number of rotatable bonds is 6. The highest BCUT2D eigenvalue weighted by Crippen LogP contribution is 2.50. The third kappa shape index (κ3) is 2.67. The lowest BCUT2D eigenvalue weighted by Crippen LogP contribution is -2.15. The lowest BCUT2D eigenvalue weighted by atomic mass is 10.0. The Balaban J connectivity index is 1.95. The first-order valence-corrected chi connectivity index (χ1v) is 7.78. The van der Waals surface area contributed by atoms with E-state index >= 15 is 0 Å². The Hall–Kier alpha value is -0.770. The van der Waals surface area contributed by atoms with Gasteiger partial charge in [0, 0.05) is 25.3 Å². The Morgan fingerprint density at radius 3 is 2.85 bits per heavy atom. The van der Waals surface area contributed by atoms with Crippen molar-refractivity contribution in [3.63, 3.8) is 0 Å². The number of alkyl halides is 1. The first-order valence-electron chi connectivity index (χ1n) is 6.87. The van der Waals surface area contributed by atoms with Gasteiger partial charge < -0.3 is 9.30 Å². The molecule has 0 saturated heterocycles. The predicted molar refractivity (Wildman–Crippen MR) is 82.5 cm³/mol. The summed E-state index contributed by atoms with van der Waals surface area (Å²) >= 11 is 12.2. The van der Waals surface area contributed by atoms with E-state index in [1.54, 1.807) is 7.11 Å². The maximum atomic E-state index is 6.12. The van der Waals surface area contributed by atoms with Crippen LogP contribution >= 0.6 is 23.2 Å². The number of hydrogen-bond donors (Lipinski definition) is 0. The minimum Gasteiger partial charge on any atom is -0.385 e. The molecule has 5 heteroatoms. The van der Waals surface area contributed by atoms with Crippen LogP contribution in [0.1, 0.15) is 25.1 Å². The minimum atomic E-state index is 0.354. The van der Waals surface area contributed by atoms with E-state index in [9.17, 15) is 0 Å². The summed E-state index contributed by atoms with van der Waals surface area (Å²) in [5.41, 5.74) is 2.40. The molecule has 2 aromatic rings. The Kier molecular flexibility index (Phi) is 3.93. The van der Waals surface area contributed by atoms with Crippen LogP contribution in [0.2, 0.25) is 5.02 Å². The van der Waals surface area contributed by atoms with Gasteiger partial charge in [-0.1, -0.05) is 11.6 Å². The van der Waals surface area contributed by atoms with E-state index in [1.807, 2.05) is 18.2 Å². The molecule has 1 saturated carbocycles. The summed E-state index contributed by atoms with van der Waals surface area (Å²) < 4.78 is 7.46. The van der Waals surface area contributed by atoms with Gasteiger partial charge in [-0.3, -0.25) is 0 Å². The van der Waals surface area contributed by atoms with Gasteiger partial charge in [0.2, 0.25) is 0 Å². The fourth-order valence-corrected chi connectivity index (χ4v) is 3.11. The summed E-state index contributed by atoms with van der Waals surface area (Å²) in [6, 6.07) is 5.81. The molecule has 3 nitrogen and oxygen atoms in total. The van der Waals surface area contributed by atoms with Crippen molar-refractivity contribution in [2.75, 3.05) is 13.7 Å². The molecule has 1 aliphatic carbocycles. The van der Waals surface area contributed by atoms with Crippen LogP contribution in [0.5, 0.6) is 0 Å². The van der Waals surface area contributed by atoms with Gasteiger partial charge in [-0.25, -0.2) is 4.98 Å². The van der Waals surface area contributed by atoms with Gasteiger partial charge in [0.25, 0.3) is 0 Å². The van der Waals surface area contributed by atoms with Crippen LogP contribution in [0.15, 0.2) is 18.2 Å². The summed E-state index contributed by atoms with van der Waals surface area (Å²) in [5, 5.41) is 0.738. The molecular formula is C15H18Cl2N2O. The number of imidazole rings is 1. The Labute approximate surface area is 128 Å². The van der Waals surface area contributed by atoms with Crippen LogP contribution in [0.25, 0.3) is 11.0 Å². The van der Waals surface area contributed by atoms with E-state index in [4.69, 9.17) is 27.9 Å². The Bertz CT molecular complexity index is 620. The van der Waals surface area contributed by atoms with Crippen LogP contribution in [0.4, 0.5) is 0 Å².